The zero-order chi connectivity index (χ0) is 20.1. The molecule has 0 radical (unpaired) electrons. The van der Waals surface area contributed by atoms with Crippen LogP contribution in [0.1, 0.15) is 28.8 Å². The summed E-state index contributed by atoms with van der Waals surface area (Å²) in [6, 6.07) is 6.61. The van der Waals surface area contributed by atoms with Crippen LogP contribution in [0.25, 0.3) is 0 Å². The van der Waals surface area contributed by atoms with E-state index in [1.807, 2.05) is 0 Å². The molecule has 3 aromatic heterocycles. The van der Waals surface area contributed by atoms with Crippen LogP contribution in [-0.2, 0) is 0 Å². The van der Waals surface area contributed by atoms with Gasteiger partial charge in [-0.1, -0.05) is 12.1 Å². The van der Waals surface area contributed by atoms with Crippen LogP contribution < -0.4 is 11.1 Å². The number of aromatic nitrogens is 4. The lowest BCUT2D eigenvalue weighted by molar-refractivity contribution is -0.126. The predicted octanol–water partition coefficient (Wildman–Crippen LogP) is 3.01. The van der Waals surface area contributed by atoms with Gasteiger partial charge in [0.05, 0.1) is 18.3 Å². The number of anilines is 1. The van der Waals surface area contributed by atoms with Gasteiger partial charge in [0.2, 0.25) is 11.9 Å². The molecule has 0 amide bonds. The fraction of sp³-hybridized carbons (Fsp3) is 0.222. The second-order valence-corrected chi connectivity index (χ2v) is 5.96. The Kier molecular flexibility index (Phi) is 5.78. The lowest BCUT2D eigenvalue weighted by atomic mass is 9.84. The highest BCUT2D eigenvalue weighted by atomic mass is 19.4. The predicted molar refractivity (Wildman–Crippen MR) is 93.5 cm³/mol. The average molecular weight is 392 g/mol. The number of rotatable bonds is 6. The summed E-state index contributed by atoms with van der Waals surface area (Å²) in [4.78, 5) is 15.5. The molecule has 6 nitrogen and oxygen atoms in total. The molecule has 0 saturated carbocycles. The number of pyridine rings is 2. The molecule has 0 spiro atoms. The third-order valence-corrected chi connectivity index (χ3v) is 4.04. The Morgan fingerprint density at radius 1 is 1.04 bits per heavy atom. The second kappa shape index (κ2) is 8.26. The SMILES string of the molecule is Nc1nccc(C(NCC(F)(F)F)C(c2cccnc2)c2cccnc2F)n1. The van der Waals surface area contributed by atoms with E-state index in [1.54, 1.807) is 12.1 Å². The number of halogens is 4. The molecular weight excluding hydrogens is 376 g/mol. The summed E-state index contributed by atoms with van der Waals surface area (Å²) in [5.74, 6) is -1.79. The Balaban J connectivity index is 2.14. The summed E-state index contributed by atoms with van der Waals surface area (Å²) in [6.45, 7) is -1.31. The number of hydrogen-bond donors (Lipinski definition) is 2. The molecule has 0 aromatic carbocycles. The van der Waals surface area contributed by atoms with E-state index in [9.17, 15) is 17.6 Å². The van der Waals surface area contributed by atoms with Crippen LogP contribution >= 0.6 is 0 Å². The summed E-state index contributed by atoms with van der Waals surface area (Å²) in [5.41, 5.74) is 6.40. The largest absolute Gasteiger partial charge is 0.401 e. The van der Waals surface area contributed by atoms with Crippen molar-refractivity contribution >= 4 is 5.95 Å². The fourth-order valence-corrected chi connectivity index (χ4v) is 2.92. The van der Waals surface area contributed by atoms with Crippen LogP contribution in [0.15, 0.2) is 55.1 Å². The Morgan fingerprint density at radius 2 is 1.82 bits per heavy atom. The molecule has 3 rings (SSSR count). The summed E-state index contributed by atoms with van der Waals surface area (Å²) in [7, 11) is 0. The minimum Gasteiger partial charge on any atom is -0.368 e. The van der Waals surface area contributed by atoms with Gasteiger partial charge in [-0.05, 0) is 23.8 Å². The Bertz CT molecular complexity index is 919. The Hall–Kier alpha value is -3.14. The second-order valence-electron chi connectivity index (χ2n) is 5.96. The van der Waals surface area contributed by atoms with Gasteiger partial charge in [0.25, 0.3) is 0 Å². The van der Waals surface area contributed by atoms with E-state index in [0.717, 1.165) is 0 Å². The third kappa shape index (κ3) is 4.77. The number of nitrogens with two attached hydrogens (primary N) is 1. The highest BCUT2D eigenvalue weighted by Crippen LogP contribution is 2.37. The van der Waals surface area contributed by atoms with Crippen LogP contribution in [0.3, 0.4) is 0 Å². The zero-order valence-corrected chi connectivity index (χ0v) is 14.4. The van der Waals surface area contributed by atoms with Gasteiger partial charge in [0.15, 0.2) is 0 Å². The van der Waals surface area contributed by atoms with Crippen molar-refractivity contribution in [3.05, 3.63) is 77.9 Å². The summed E-state index contributed by atoms with van der Waals surface area (Å²) < 4.78 is 53.3. The van der Waals surface area contributed by atoms with Gasteiger partial charge in [0.1, 0.15) is 0 Å². The van der Waals surface area contributed by atoms with Crippen LogP contribution in [0.5, 0.6) is 0 Å². The van der Waals surface area contributed by atoms with Crippen molar-refractivity contribution in [1.82, 2.24) is 25.3 Å². The molecule has 0 aliphatic heterocycles. The van der Waals surface area contributed by atoms with Crippen molar-refractivity contribution in [2.75, 3.05) is 12.3 Å². The van der Waals surface area contributed by atoms with Crippen molar-refractivity contribution in [3.8, 4) is 0 Å². The minimum atomic E-state index is -4.48. The van der Waals surface area contributed by atoms with Crippen molar-refractivity contribution in [3.63, 3.8) is 0 Å². The molecule has 146 valence electrons. The lowest BCUT2D eigenvalue weighted by Gasteiger charge is -2.29. The monoisotopic (exact) mass is 392 g/mol. The van der Waals surface area contributed by atoms with Gasteiger partial charge in [0, 0.05) is 36.3 Å². The van der Waals surface area contributed by atoms with Crippen LogP contribution in [0.4, 0.5) is 23.5 Å². The molecule has 0 fully saturated rings. The maximum Gasteiger partial charge on any atom is 0.401 e. The van der Waals surface area contributed by atoms with Crippen molar-refractivity contribution in [1.29, 1.82) is 0 Å². The first kappa shape index (κ1) is 19.6. The van der Waals surface area contributed by atoms with E-state index in [1.165, 1.54) is 43.0 Å². The molecule has 0 aliphatic carbocycles. The topological polar surface area (TPSA) is 89.6 Å². The van der Waals surface area contributed by atoms with Crippen LogP contribution in [0.2, 0.25) is 0 Å². The molecule has 2 unspecified atom stereocenters. The summed E-state index contributed by atoms with van der Waals surface area (Å²) in [5, 5.41) is 2.43. The molecule has 10 heteroatoms. The van der Waals surface area contributed by atoms with E-state index in [4.69, 9.17) is 5.73 Å². The maximum atomic E-state index is 14.5. The molecule has 0 aliphatic rings. The number of nitrogens with zero attached hydrogens (tertiary/aromatic N) is 4. The van der Waals surface area contributed by atoms with Gasteiger partial charge in [-0.25, -0.2) is 15.0 Å². The number of nitrogens with one attached hydrogen (secondary N) is 1. The van der Waals surface area contributed by atoms with Crippen LogP contribution in [-0.4, -0.2) is 32.7 Å². The smallest absolute Gasteiger partial charge is 0.368 e. The average Bonchev–Trinajstić information content (AvgIpc) is 2.66. The van der Waals surface area contributed by atoms with Gasteiger partial charge in [-0.2, -0.15) is 17.6 Å². The molecule has 3 heterocycles. The van der Waals surface area contributed by atoms with E-state index >= 15 is 0 Å². The number of nitrogen functional groups attached to an aromatic ring is 1. The lowest BCUT2D eigenvalue weighted by Crippen LogP contribution is -2.36. The highest BCUT2D eigenvalue weighted by Gasteiger charge is 2.34. The summed E-state index contributed by atoms with van der Waals surface area (Å²) in [6.07, 6.45) is 1.09. The van der Waals surface area contributed by atoms with E-state index < -0.39 is 30.6 Å². The Morgan fingerprint density at radius 3 is 2.46 bits per heavy atom. The first-order chi connectivity index (χ1) is 13.3. The summed E-state index contributed by atoms with van der Waals surface area (Å²) >= 11 is 0. The number of hydrogen-bond acceptors (Lipinski definition) is 6. The van der Waals surface area contributed by atoms with Crippen molar-refractivity contribution < 1.29 is 17.6 Å². The van der Waals surface area contributed by atoms with E-state index in [-0.39, 0.29) is 17.2 Å². The van der Waals surface area contributed by atoms with Crippen molar-refractivity contribution in [2.24, 2.45) is 0 Å². The van der Waals surface area contributed by atoms with Crippen molar-refractivity contribution in [2.45, 2.75) is 18.1 Å². The molecule has 2 atom stereocenters. The molecular formula is C18H16F4N6. The molecule has 3 N–H and O–H groups in total. The fourth-order valence-electron chi connectivity index (χ4n) is 2.92. The molecule has 0 saturated heterocycles. The normalized spacial score (nSPS) is 13.9. The molecule has 0 bridgehead atoms. The standard InChI is InChI=1S/C18H16F4N6/c19-16-12(4-2-7-25-16)14(11-3-1-6-24-9-11)15(27-10-18(20,21)22)13-5-8-26-17(23)28-13/h1-9,14-15,27H,10H2,(H2,23,26,28). The van der Waals surface area contributed by atoms with E-state index in [2.05, 4.69) is 25.3 Å². The Labute approximate surface area is 157 Å². The number of alkyl halides is 3. The highest BCUT2D eigenvalue weighted by molar-refractivity contribution is 5.35. The maximum absolute atomic E-state index is 14.5. The van der Waals surface area contributed by atoms with Crippen LogP contribution in [0, 0.1) is 5.95 Å². The first-order valence-electron chi connectivity index (χ1n) is 8.24. The van der Waals surface area contributed by atoms with Gasteiger partial charge < -0.3 is 5.73 Å². The first-order valence-corrected chi connectivity index (χ1v) is 8.24. The molecule has 28 heavy (non-hydrogen) atoms. The van der Waals surface area contributed by atoms with E-state index in [0.29, 0.717) is 5.56 Å². The minimum absolute atomic E-state index is 0.104. The zero-order valence-electron chi connectivity index (χ0n) is 14.4. The van der Waals surface area contributed by atoms with Gasteiger partial charge >= 0.3 is 6.18 Å². The molecule has 3 aromatic rings. The third-order valence-electron chi connectivity index (χ3n) is 4.04. The quantitative estimate of drug-likeness (QED) is 0.495. The van der Waals surface area contributed by atoms with Gasteiger partial charge in [-0.15, -0.1) is 0 Å². The van der Waals surface area contributed by atoms with Gasteiger partial charge in [-0.3, -0.25) is 10.3 Å².